The number of carbonyl (C=O) groups is 2. The molecule has 0 saturated carbocycles. The van der Waals surface area contributed by atoms with E-state index in [0.717, 1.165) is 5.56 Å². The van der Waals surface area contributed by atoms with Crippen LogP contribution in [0.2, 0.25) is 0 Å². The van der Waals surface area contributed by atoms with Gasteiger partial charge in [0, 0.05) is 25.4 Å². The highest BCUT2D eigenvalue weighted by Crippen LogP contribution is 2.44. The van der Waals surface area contributed by atoms with Crippen molar-refractivity contribution in [3.05, 3.63) is 95.6 Å². The first-order valence-corrected chi connectivity index (χ1v) is 12.2. The number of rotatable bonds is 9. The van der Waals surface area contributed by atoms with Crippen LogP contribution in [0.5, 0.6) is 0 Å². The lowest BCUT2D eigenvalue weighted by Crippen LogP contribution is -2.48. The maximum absolute atomic E-state index is 12.3. The third-order valence-electron chi connectivity index (χ3n) is 6.10. The van der Waals surface area contributed by atoms with E-state index in [1.807, 2.05) is 54.6 Å². The summed E-state index contributed by atoms with van der Waals surface area (Å²) in [6, 6.07) is 25.4. The number of amides is 1. The summed E-state index contributed by atoms with van der Waals surface area (Å²) in [5.74, 6) is -0.391. The van der Waals surface area contributed by atoms with E-state index in [9.17, 15) is 9.59 Å². The van der Waals surface area contributed by atoms with E-state index in [1.54, 1.807) is 0 Å². The molecule has 1 aliphatic rings. The van der Waals surface area contributed by atoms with Crippen LogP contribution in [0.25, 0.3) is 11.1 Å². The zero-order valence-electron chi connectivity index (χ0n) is 20.0. The average Bonchev–Trinajstić information content (AvgIpc) is 3.23. The number of carbonyl (C=O) groups excluding carboxylic acids is 2. The summed E-state index contributed by atoms with van der Waals surface area (Å²) in [6.07, 6.45) is -0.0538. The number of esters is 1. The Labute approximate surface area is 216 Å². The van der Waals surface area contributed by atoms with Gasteiger partial charge in [0.15, 0.2) is 5.11 Å². The normalized spacial score (nSPS) is 12.6. The van der Waals surface area contributed by atoms with E-state index in [1.165, 1.54) is 29.4 Å². The Morgan fingerprint density at radius 1 is 0.861 bits per heavy atom. The van der Waals surface area contributed by atoms with Gasteiger partial charge in [-0.1, -0.05) is 78.9 Å². The smallest absolute Gasteiger partial charge is 0.407 e. The molecule has 3 N–H and O–H groups in total. The number of benzene rings is 3. The molecule has 0 aromatic heterocycles. The SMILES string of the molecule is COC(=O)[C@H](Cc1ccccc1)NC(=S)NCCNC(=O)OCC1c2ccccc2-c2ccccc21. The van der Waals surface area contributed by atoms with Crippen molar-refractivity contribution < 1.29 is 19.1 Å². The minimum absolute atomic E-state index is 0.0120. The lowest BCUT2D eigenvalue weighted by atomic mass is 9.98. The number of fused-ring (bicyclic) bond motifs is 3. The predicted molar refractivity (Wildman–Crippen MR) is 143 cm³/mol. The molecule has 1 amide bonds. The summed E-state index contributed by atoms with van der Waals surface area (Å²) in [5.41, 5.74) is 5.69. The van der Waals surface area contributed by atoms with Gasteiger partial charge in [-0.15, -0.1) is 0 Å². The monoisotopic (exact) mass is 503 g/mol. The van der Waals surface area contributed by atoms with Crippen molar-refractivity contribution >= 4 is 29.4 Å². The van der Waals surface area contributed by atoms with Crippen molar-refractivity contribution in [2.45, 2.75) is 18.4 Å². The van der Waals surface area contributed by atoms with E-state index in [2.05, 4.69) is 40.2 Å². The Hall–Kier alpha value is -3.91. The van der Waals surface area contributed by atoms with Crippen LogP contribution in [0.1, 0.15) is 22.6 Å². The second-order valence-corrected chi connectivity index (χ2v) is 8.83. The Kier molecular flexibility index (Phi) is 8.52. The van der Waals surface area contributed by atoms with Crippen molar-refractivity contribution in [2.24, 2.45) is 0 Å². The van der Waals surface area contributed by atoms with Crippen LogP contribution in [0, 0.1) is 0 Å². The maximum Gasteiger partial charge on any atom is 0.407 e. The Morgan fingerprint density at radius 2 is 1.44 bits per heavy atom. The molecule has 8 heteroatoms. The van der Waals surface area contributed by atoms with Crippen LogP contribution in [-0.4, -0.2) is 50.0 Å². The third kappa shape index (κ3) is 6.20. The fourth-order valence-corrected chi connectivity index (χ4v) is 4.63. The van der Waals surface area contributed by atoms with Crippen molar-refractivity contribution in [1.82, 2.24) is 16.0 Å². The van der Waals surface area contributed by atoms with Gasteiger partial charge >= 0.3 is 12.1 Å². The van der Waals surface area contributed by atoms with Gasteiger partial charge in [0.25, 0.3) is 0 Å². The number of alkyl carbamates (subject to hydrolysis) is 1. The predicted octanol–water partition coefficient (Wildman–Crippen LogP) is 3.77. The topological polar surface area (TPSA) is 88.7 Å². The molecule has 3 aromatic carbocycles. The lowest BCUT2D eigenvalue weighted by molar-refractivity contribution is -0.142. The molecule has 0 heterocycles. The highest BCUT2D eigenvalue weighted by atomic mass is 32.1. The highest BCUT2D eigenvalue weighted by molar-refractivity contribution is 7.80. The maximum atomic E-state index is 12.3. The van der Waals surface area contributed by atoms with Crippen LogP contribution >= 0.6 is 12.2 Å². The molecule has 0 radical (unpaired) electrons. The van der Waals surface area contributed by atoms with E-state index in [-0.39, 0.29) is 12.5 Å². The zero-order chi connectivity index (χ0) is 25.3. The zero-order valence-corrected chi connectivity index (χ0v) is 20.8. The Bertz CT molecular complexity index is 1170. The molecule has 0 aliphatic heterocycles. The molecular formula is C28H29N3O4S. The number of methoxy groups -OCH3 is 1. The molecule has 0 saturated heterocycles. The number of nitrogens with one attached hydrogen (secondary N) is 3. The summed E-state index contributed by atoms with van der Waals surface area (Å²) in [5, 5.41) is 9.02. The van der Waals surface area contributed by atoms with Crippen LogP contribution in [0.3, 0.4) is 0 Å². The molecular weight excluding hydrogens is 474 g/mol. The molecule has 186 valence electrons. The summed E-state index contributed by atoms with van der Waals surface area (Å²) < 4.78 is 10.4. The van der Waals surface area contributed by atoms with Gasteiger partial charge < -0.3 is 25.4 Å². The minimum atomic E-state index is -0.618. The van der Waals surface area contributed by atoms with E-state index in [4.69, 9.17) is 21.7 Å². The standard InChI is InChI=1S/C28H29N3O4S/c1-34-26(32)25(17-19-9-3-2-4-10-19)31-27(36)29-15-16-30-28(33)35-18-24-22-13-7-5-11-20(22)21-12-6-8-14-23(21)24/h2-14,24-25H,15-18H2,1H3,(H,30,33)(H2,29,31,36)/t25-/m0/s1. The molecule has 0 bridgehead atoms. The fraction of sp³-hybridized carbons (Fsp3) is 0.250. The molecule has 36 heavy (non-hydrogen) atoms. The third-order valence-corrected chi connectivity index (χ3v) is 6.36. The minimum Gasteiger partial charge on any atom is -0.467 e. The molecule has 4 rings (SSSR count). The first-order valence-electron chi connectivity index (χ1n) is 11.8. The second-order valence-electron chi connectivity index (χ2n) is 8.42. The number of thiocarbonyl (C=S) groups is 1. The van der Waals surface area contributed by atoms with E-state index < -0.39 is 18.1 Å². The van der Waals surface area contributed by atoms with Gasteiger partial charge in [-0.25, -0.2) is 9.59 Å². The summed E-state index contributed by atoms with van der Waals surface area (Å²) in [6.45, 7) is 0.933. The van der Waals surface area contributed by atoms with Crippen molar-refractivity contribution in [2.75, 3.05) is 26.8 Å². The summed E-state index contributed by atoms with van der Waals surface area (Å²) in [7, 11) is 1.34. The highest BCUT2D eigenvalue weighted by Gasteiger charge is 2.29. The number of hydrogen-bond donors (Lipinski definition) is 3. The Balaban J connectivity index is 1.20. The molecule has 0 fully saturated rings. The molecule has 0 spiro atoms. The van der Waals surface area contributed by atoms with Gasteiger partial charge in [-0.3, -0.25) is 0 Å². The van der Waals surface area contributed by atoms with Gasteiger partial charge in [0.05, 0.1) is 7.11 Å². The second kappa shape index (κ2) is 12.2. The molecule has 3 aromatic rings. The summed E-state index contributed by atoms with van der Waals surface area (Å²) in [4.78, 5) is 24.5. The van der Waals surface area contributed by atoms with Crippen molar-refractivity contribution in [3.8, 4) is 11.1 Å². The number of hydrogen-bond acceptors (Lipinski definition) is 5. The average molecular weight is 504 g/mol. The van der Waals surface area contributed by atoms with Crippen LogP contribution in [0.15, 0.2) is 78.9 Å². The van der Waals surface area contributed by atoms with E-state index in [0.29, 0.717) is 24.6 Å². The van der Waals surface area contributed by atoms with E-state index >= 15 is 0 Å². The molecule has 1 atom stereocenters. The number of ether oxygens (including phenoxy) is 2. The van der Waals surface area contributed by atoms with Gasteiger partial charge in [0.1, 0.15) is 12.6 Å². The fourth-order valence-electron chi connectivity index (χ4n) is 4.38. The largest absolute Gasteiger partial charge is 0.467 e. The van der Waals surface area contributed by atoms with Gasteiger partial charge in [0.2, 0.25) is 0 Å². The quantitative estimate of drug-likeness (QED) is 0.233. The van der Waals surface area contributed by atoms with Crippen LogP contribution in [-0.2, 0) is 20.7 Å². The first-order chi connectivity index (χ1) is 17.6. The summed E-state index contributed by atoms with van der Waals surface area (Å²) >= 11 is 5.32. The van der Waals surface area contributed by atoms with Crippen LogP contribution < -0.4 is 16.0 Å². The first kappa shape index (κ1) is 25.2. The van der Waals surface area contributed by atoms with Crippen molar-refractivity contribution in [3.63, 3.8) is 0 Å². The Morgan fingerprint density at radius 3 is 2.08 bits per heavy atom. The van der Waals surface area contributed by atoms with Crippen LogP contribution in [0.4, 0.5) is 4.79 Å². The van der Waals surface area contributed by atoms with Gasteiger partial charge in [-0.05, 0) is 40.0 Å². The molecule has 7 nitrogen and oxygen atoms in total. The van der Waals surface area contributed by atoms with Crippen molar-refractivity contribution in [1.29, 1.82) is 0 Å². The van der Waals surface area contributed by atoms with Gasteiger partial charge in [-0.2, -0.15) is 0 Å². The lowest BCUT2D eigenvalue weighted by Gasteiger charge is -2.19. The molecule has 1 aliphatic carbocycles. The molecule has 0 unspecified atom stereocenters.